The van der Waals surface area contributed by atoms with E-state index < -0.39 is 0 Å². The first-order valence-corrected chi connectivity index (χ1v) is 5.26. The molecule has 1 rings (SSSR count). The summed E-state index contributed by atoms with van der Waals surface area (Å²) >= 11 is 0. The van der Waals surface area contributed by atoms with Crippen molar-refractivity contribution in [2.75, 3.05) is 13.1 Å². The summed E-state index contributed by atoms with van der Waals surface area (Å²) < 4.78 is 0. The van der Waals surface area contributed by atoms with E-state index in [1.54, 1.807) is 4.90 Å². The maximum Gasteiger partial charge on any atom is 0.255 e. The Morgan fingerprint density at radius 3 is 2.62 bits per heavy atom. The van der Waals surface area contributed by atoms with Crippen molar-refractivity contribution in [3.8, 4) is 0 Å². The number of nitrogens with zero attached hydrogens (tertiary/aromatic N) is 1. The monoisotopic (exact) mass is 223 g/mol. The molecular formula is C11H17N3O2. The first kappa shape index (κ1) is 12.4. The van der Waals surface area contributed by atoms with Crippen LogP contribution in [0.25, 0.3) is 0 Å². The summed E-state index contributed by atoms with van der Waals surface area (Å²) in [6.45, 7) is 4.79. The van der Waals surface area contributed by atoms with E-state index in [1.165, 1.54) is 18.3 Å². The number of amides is 1. The second-order valence-electron chi connectivity index (χ2n) is 3.82. The molecule has 1 aromatic rings. The largest absolute Gasteiger partial charge is 0.335 e. The van der Waals surface area contributed by atoms with Crippen molar-refractivity contribution in [2.45, 2.75) is 19.9 Å². The lowest BCUT2D eigenvalue weighted by Crippen LogP contribution is -2.40. The zero-order chi connectivity index (χ0) is 12.1. The number of nitrogens with two attached hydrogens (primary N) is 1. The molecule has 0 aliphatic carbocycles. The smallest absolute Gasteiger partial charge is 0.255 e. The molecular weight excluding hydrogens is 206 g/mol. The van der Waals surface area contributed by atoms with Crippen molar-refractivity contribution < 1.29 is 4.79 Å². The number of carbonyl (C=O) groups is 1. The van der Waals surface area contributed by atoms with E-state index >= 15 is 0 Å². The summed E-state index contributed by atoms with van der Waals surface area (Å²) in [4.78, 5) is 27.1. The van der Waals surface area contributed by atoms with Crippen LogP contribution in [0.2, 0.25) is 0 Å². The van der Waals surface area contributed by atoms with E-state index in [4.69, 9.17) is 5.73 Å². The minimum Gasteiger partial charge on any atom is -0.335 e. The van der Waals surface area contributed by atoms with Gasteiger partial charge in [-0.2, -0.15) is 0 Å². The first-order valence-electron chi connectivity index (χ1n) is 5.26. The summed E-state index contributed by atoms with van der Waals surface area (Å²) in [5, 5.41) is 0. The molecule has 16 heavy (non-hydrogen) atoms. The van der Waals surface area contributed by atoms with Crippen LogP contribution >= 0.6 is 0 Å². The normalized spacial score (nSPS) is 10.5. The second-order valence-corrected chi connectivity index (χ2v) is 3.82. The lowest BCUT2D eigenvalue weighted by Gasteiger charge is -2.26. The van der Waals surface area contributed by atoms with Gasteiger partial charge in [-0.1, -0.05) is 0 Å². The van der Waals surface area contributed by atoms with Crippen LogP contribution in [0.3, 0.4) is 0 Å². The molecule has 0 spiro atoms. The third-order valence-electron chi connectivity index (χ3n) is 2.29. The van der Waals surface area contributed by atoms with Gasteiger partial charge in [0.15, 0.2) is 0 Å². The SMILES string of the molecule is CC(C)N(CCN)C(=O)c1ccc(=O)[nH]c1. The molecule has 0 saturated heterocycles. The average Bonchev–Trinajstić information content (AvgIpc) is 2.25. The number of rotatable bonds is 4. The zero-order valence-corrected chi connectivity index (χ0v) is 9.56. The van der Waals surface area contributed by atoms with Crippen molar-refractivity contribution in [2.24, 2.45) is 5.73 Å². The van der Waals surface area contributed by atoms with Crippen LogP contribution in [-0.2, 0) is 0 Å². The minimum absolute atomic E-state index is 0.0861. The maximum atomic E-state index is 12.0. The van der Waals surface area contributed by atoms with E-state index in [-0.39, 0.29) is 17.5 Å². The molecule has 88 valence electrons. The molecule has 0 radical (unpaired) electrons. The lowest BCUT2D eigenvalue weighted by molar-refractivity contribution is 0.0711. The Morgan fingerprint density at radius 2 is 2.19 bits per heavy atom. The van der Waals surface area contributed by atoms with Gasteiger partial charge in [0.2, 0.25) is 5.56 Å². The average molecular weight is 223 g/mol. The number of pyridine rings is 1. The highest BCUT2D eigenvalue weighted by Gasteiger charge is 2.17. The molecule has 0 saturated carbocycles. The fourth-order valence-electron chi connectivity index (χ4n) is 1.44. The maximum absolute atomic E-state index is 12.0. The molecule has 1 amide bonds. The van der Waals surface area contributed by atoms with E-state index in [2.05, 4.69) is 4.98 Å². The van der Waals surface area contributed by atoms with Crippen LogP contribution in [0.4, 0.5) is 0 Å². The van der Waals surface area contributed by atoms with Crippen molar-refractivity contribution >= 4 is 5.91 Å². The fourth-order valence-corrected chi connectivity index (χ4v) is 1.44. The molecule has 5 nitrogen and oxygen atoms in total. The molecule has 5 heteroatoms. The molecule has 1 heterocycles. The molecule has 1 aromatic heterocycles. The number of aromatic amines is 1. The number of hydrogen-bond acceptors (Lipinski definition) is 3. The first-order chi connectivity index (χ1) is 7.56. The highest BCUT2D eigenvalue weighted by molar-refractivity contribution is 5.94. The predicted octanol–water partition coefficient (Wildman–Crippen LogP) is 0.184. The van der Waals surface area contributed by atoms with Gasteiger partial charge in [0.1, 0.15) is 0 Å². The second kappa shape index (κ2) is 5.46. The Balaban J connectivity index is 2.90. The van der Waals surface area contributed by atoms with E-state index in [9.17, 15) is 9.59 Å². The van der Waals surface area contributed by atoms with Gasteiger partial charge in [-0.15, -0.1) is 0 Å². The van der Waals surface area contributed by atoms with E-state index in [0.29, 0.717) is 18.7 Å². The Labute approximate surface area is 94.3 Å². The number of hydrogen-bond donors (Lipinski definition) is 2. The van der Waals surface area contributed by atoms with Crippen molar-refractivity contribution in [3.05, 3.63) is 34.2 Å². The van der Waals surface area contributed by atoms with Crippen LogP contribution in [0, 0.1) is 0 Å². The van der Waals surface area contributed by atoms with Crippen molar-refractivity contribution in [1.29, 1.82) is 0 Å². The van der Waals surface area contributed by atoms with Gasteiger partial charge < -0.3 is 15.6 Å². The van der Waals surface area contributed by atoms with Gasteiger partial charge in [0.25, 0.3) is 5.91 Å². The molecule has 3 N–H and O–H groups in total. The number of H-pyrrole nitrogens is 1. The summed E-state index contributed by atoms with van der Waals surface area (Å²) in [5.41, 5.74) is 5.71. The van der Waals surface area contributed by atoms with Crippen LogP contribution < -0.4 is 11.3 Å². The van der Waals surface area contributed by atoms with Gasteiger partial charge in [-0.25, -0.2) is 0 Å². The number of nitrogens with one attached hydrogen (secondary N) is 1. The van der Waals surface area contributed by atoms with E-state index in [0.717, 1.165) is 0 Å². The molecule has 0 unspecified atom stereocenters. The summed E-state index contributed by atoms with van der Waals surface area (Å²) in [7, 11) is 0. The van der Waals surface area contributed by atoms with Crippen LogP contribution in [0.15, 0.2) is 23.1 Å². The molecule has 0 bridgehead atoms. The van der Waals surface area contributed by atoms with Crippen LogP contribution in [0.1, 0.15) is 24.2 Å². The molecule has 0 fully saturated rings. The van der Waals surface area contributed by atoms with Gasteiger partial charge in [-0.3, -0.25) is 9.59 Å². The highest BCUT2D eigenvalue weighted by Crippen LogP contribution is 2.05. The Kier molecular flexibility index (Phi) is 4.25. The third kappa shape index (κ3) is 2.93. The van der Waals surface area contributed by atoms with Gasteiger partial charge in [0, 0.05) is 31.4 Å². The predicted molar refractivity (Wildman–Crippen MR) is 62.3 cm³/mol. The Hall–Kier alpha value is -1.62. The molecule has 0 aliphatic heterocycles. The lowest BCUT2D eigenvalue weighted by atomic mass is 10.2. The molecule has 0 aromatic carbocycles. The zero-order valence-electron chi connectivity index (χ0n) is 9.56. The number of carbonyl (C=O) groups excluding carboxylic acids is 1. The molecule has 0 atom stereocenters. The third-order valence-corrected chi connectivity index (χ3v) is 2.29. The quantitative estimate of drug-likeness (QED) is 0.764. The topological polar surface area (TPSA) is 79.2 Å². The van der Waals surface area contributed by atoms with Crippen LogP contribution in [0.5, 0.6) is 0 Å². The molecule has 0 aliphatic rings. The Bertz CT molecular complexity index is 391. The fraction of sp³-hybridized carbons (Fsp3) is 0.455. The summed E-state index contributed by atoms with van der Waals surface area (Å²) in [6.07, 6.45) is 1.43. The van der Waals surface area contributed by atoms with Gasteiger partial charge in [-0.05, 0) is 19.9 Å². The van der Waals surface area contributed by atoms with Crippen LogP contribution in [-0.4, -0.2) is 34.9 Å². The standard InChI is InChI=1S/C11H17N3O2/c1-8(2)14(6-5-12)11(16)9-3-4-10(15)13-7-9/h3-4,7-8H,5-6,12H2,1-2H3,(H,13,15). The van der Waals surface area contributed by atoms with Gasteiger partial charge in [0.05, 0.1) is 5.56 Å². The minimum atomic E-state index is -0.216. The Morgan fingerprint density at radius 1 is 1.50 bits per heavy atom. The van der Waals surface area contributed by atoms with Crippen molar-refractivity contribution in [1.82, 2.24) is 9.88 Å². The highest BCUT2D eigenvalue weighted by atomic mass is 16.2. The van der Waals surface area contributed by atoms with Crippen molar-refractivity contribution in [3.63, 3.8) is 0 Å². The number of aromatic nitrogens is 1. The van der Waals surface area contributed by atoms with Gasteiger partial charge >= 0.3 is 0 Å². The summed E-state index contributed by atoms with van der Waals surface area (Å²) in [5.74, 6) is -0.114. The van der Waals surface area contributed by atoms with E-state index in [1.807, 2.05) is 13.8 Å². The summed E-state index contributed by atoms with van der Waals surface area (Å²) in [6, 6.07) is 2.95.